The van der Waals surface area contributed by atoms with E-state index in [9.17, 15) is 4.79 Å². The van der Waals surface area contributed by atoms with E-state index in [0.29, 0.717) is 18.0 Å². The molecule has 3 nitrogen and oxygen atoms in total. The molecule has 0 aliphatic heterocycles. The minimum absolute atomic E-state index is 0.200. The standard InChI is InChI=1S/C11H18N2O/c1-9(2)5-4-6-11(14)10-7-12-8-13(10)3/h7-9H,4-6H2,1-3H3. The lowest BCUT2D eigenvalue weighted by Gasteiger charge is -2.03. The maximum atomic E-state index is 11.6. The second-order valence-electron chi connectivity index (χ2n) is 4.10. The van der Waals surface area contributed by atoms with E-state index >= 15 is 0 Å². The van der Waals surface area contributed by atoms with Crippen LogP contribution >= 0.6 is 0 Å². The number of hydrogen-bond acceptors (Lipinski definition) is 2. The SMILES string of the molecule is CC(C)CCCC(=O)c1cncn1C. The Labute approximate surface area is 85.2 Å². The Balaban J connectivity index is 2.40. The molecule has 1 heterocycles. The first-order chi connectivity index (χ1) is 6.61. The Kier molecular flexibility index (Phi) is 3.86. The first-order valence-corrected chi connectivity index (χ1v) is 5.10. The molecule has 14 heavy (non-hydrogen) atoms. The van der Waals surface area contributed by atoms with Gasteiger partial charge in [-0.25, -0.2) is 4.98 Å². The van der Waals surface area contributed by atoms with Gasteiger partial charge in [0.1, 0.15) is 5.69 Å². The Hall–Kier alpha value is -1.12. The summed E-state index contributed by atoms with van der Waals surface area (Å²) in [5.41, 5.74) is 0.716. The molecular formula is C11H18N2O. The summed E-state index contributed by atoms with van der Waals surface area (Å²) in [4.78, 5) is 15.6. The van der Waals surface area contributed by atoms with Crippen molar-refractivity contribution in [1.82, 2.24) is 9.55 Å². The molecule has 0 bridgehead atoms. The van der Waals surface area contributed by atoms with E-state index in [0.717, 1.165) is 12.8 Å². The second kappa shape index (κ2) is 4.94. The van der Waals surface area contributed by atoms with Crippen molar-refractivity contribution in [1.29, 1.82) is 0 Å². The Bertz CT molecular complexity index is 302. The normalized spacial score (nSPS) is 10.9. The average Bonchev–Trinajstić information content (AvgIpc) is 2.50. The van der Waals surface area contributed by atoms with Crippen LogP contribution in [0.3, 0.4) is 0 Å². The molecule has 0 radical (unpaired) electrons. The van der Waals surface area contributed by atoms with Gasteiger partial charge >= 0.3 is 0 Å². The van der Waals surface area contributed by atoms with Crippen molar-refractivity contribution in [3.63, 3.8) is 0 Å². The average molecular weight is 194 g/mol. The van der Waals surface area contributed by atoms with Gasteiger partial charge < -0.3 is 4.57 Å². The van der Waals surface area contributed by atoms with Gasteiger partial charge in [-0.2, -0.15) is 0 Å². The number of imidazole rings is 1. The molecule has 1 aromatic heterocycles. The fraction of sp³-hybridized carbons (Fsp3) is 0.636. The minimum Gasteiger partial charge on any atom is -0.331 e. The van der Waals surface area contributed by atoms with Gasteiger partial charge in [0.15, 0.2) is 5.78 Å². The smallest absolute Gasteiger partial charge is 0.180 e. The van der Waals surface area contributed by atoms with Crippen molar-refractivity contribution in [2.24, 2.45) is 13.0 Å². The number of hydrogen-bond donors (Lipinski definition) is 0. The van der Waals surface area contributed by atoms with Gasteiger partial charge in [0.2, 0.25) is 0 Å². The number of aromatic nitrogens is 2. The summed E-state index contributed by atoms with van der Waals surface area (Å²) in [5.74, 6) is 0.875. The fourth-order valence-corrected chi connectivity index (χ4v) is 1.42. The van der Waals surface area contributed by atoms with Crippen LogP contribution in [0, 0.1) is 5.92 Å². The van der Waals surface area contributed by atoms with Crippen molar-refractivity contribution in [2.45, 2.75) is 33.1 Å². The molecule has 78 valence electrons. The van der Waals surface area contributed by atoms with Gasteiger partial charge in [0, 0.05) is 13.5 Å². The molecule has 0 fully saturated rings. The zero-order valence-electron chi connectivity index (χ0n) is 9.16. The maximum absolute atomic E-state index is 11.6. The van der Waals surface area contributed by atoms with Crippen LogP contribution in [0.1, 0.15) is 43.6 Å². The van der Waals surface area contributed by atoms with Gasteiger partial charge in [0.25, 0.3) is 0 Å². The van der Waals surface area contributed by atoms with Gasteiger partial charge in [-0.3, -0.25) is 4.79 Å². The van der Waals surface area contributed by atoms with Crippen LogP contribution in [0.5, 0.6) is 0 Å². The molecule has 3 heteroatoms. The number of Topliss-reactive ketones (excluding diaryl/α,β-unsaturated/α-hetero) is 1. The number of carbonyl (C=O) groups excluding carboxylic acids is 1. The molecule has 0 saturated heterocycles. The van der Waals surface area contributed by atoms with E-state index in [2.05, 4.69) is 18.8 Å². The maximum Gasteiger partial charge on any atom is 0.180 e. The van der Waals surface area contributed by atoms with Crippen LogP contribution in [0.15, 0.2) is 12.5 Å². The summed E-state index contributed by atoms with van der Waals surface area (Å²) in [6, 6.07) is 0. The number of aryl methyl sites for hydroxylation is 1. The van der Waals surface area contributed by atoms with Crippen molar-refractivity contribution >= 4 is 5.78 Å². The van der Waals surface area contributed by atoms with Crippen molar-refractivity contribution in [2.75, 3.05) is 0 Å². The van der Waals surface area contributed by atoms with E-state index in [-0.39, 0.29) is 5.78 Å². The quantitative estimate of drug-likeness (QED) is 0.675. The summed E-state index contributed by atoms with van der Waals surface area (Å²) in [5, 5.41) is 0. The predicted molar refractivity (Wildman–Crippen MR) is 56.2 cm³/mol. The first-order valence-electron chi connectivity index (χ1n) is 5.10. The summed E-state index contributed by atoms with van der Waals surface area (Å²) in [6.07, 6.45) is 6.02. The fourth-order valence-electron chi connectivity index (χ4n) is 1.42. The Morgan fingerprint density at radius 1 is 1.57 bits per heavy atom. The number of ketones is 1. The summed E-state index contributed by atoms with van der Waals surface area (Å²) >= 11 is 0. The largest absolute Gasteiger partial charge is 0.331 e. The highest BCUT2D eigenvalue weighted by Crippen LogP contribution is 2.10. The molecule has 0 atom stereocenters. The van der Waals surface area contributed by atoms with Gasteiger partial charge in [-0.05, 0) is 12.3 Å². The van der Waals surface area contributed by atoms with E-state index < -0.39 is 0 Å². The van der Waals surface area contributed by atoms with Crippen molar-refractivity contribution in [3.05, 3.63) is 18.2 Å². The summed E-state index contributed by atoms with van der Waals surface area (Å²) < 4.78 is 1.78. The molecule has 0 aromatic carbocycles. The Morgan fingerprint density at radius 2 is 2.29 bits per heavy atom. The molecule has 1 rings (SSSR count). The topological polar surface area (TPSA) is 34.9 Å². The zero-order valence-corrected chi connectivity index (χ0v) is 9.16. The van der Waals surface area contributed by atoms with E-state index in [1.54, 1.807) is 17.1 Å². The van der Waals surface area contributed by atoms with Gasteiger partial charge in [0.05, 0.1) is 12.5 Å². The van der Waals surface area contributed by atoms with Crippen molar-refractivity contribution < 1.29 is 4.79 Å². The summed E-state index contributed by atoms with van der Waals surface area (Å²) in [6.45, 7) is 4.35. The van der Waals surface area contributed by atoms with E-state index in [1.165, 1.54) is 0 Å². The molecule has 0 N–H and O–H groups in total. The first kappa shape index (κ1) is 11.0. The highest BCUT2D eigenvalue weighted by atomic mass is 16.1. The third-order valence-electron chi connectivity index (χ3n) is 2.29. The number of carbonyl (C=O) groups is 1. The van der Waals surface area contributed by atoms with E-state index in [4.69, 9.17) is 0 Å². The monoisotopic (exact) mass is 194 g/mol. The van der Waals surface area contributed by atoms with Crippen LogP contribution in [0.4, 0.5) is 0 Å². The third-order valence-corrected chi connectivity index (χ3v) is 2.29. The van der Waals surface area contributed by atoms with Crippen LogP contribution < -0.4 is 0 Å². The molecular weight excluding hydrogens is 176 g/mol. The highest BCUT2D eigenvalue weighted by Gasteiger charge is 2.09. The van der Waals surface area contributed by atoms with Gasteiger partial charge in [-0.15, -0.1) is 0 Å². The summed E-state index contributed by atoms with van der Waals surface area (Å²) in [7, 11) is 1.85. The zero-order chi connectivity index (χ0) is 10.6. The predicted octanol–water partition coefficient (Wildman–Crippen LogP) is 2.43. The van der Waals surface area contributed by atoms with Crippen molar-refractivity contribution in [3.8, 4) is 0 Å². The highest BCUT2D eigenvalue weighted by molar-refractivity contribution is 5.94. The van der Waals surface area contributed by atoms with Gasteiger partial charge in [-0.1, -0.05) is 20.3 Å². The lowest BCUT2D eigenvalue weighted by molar-refractivity contribution is 0.0970. The molecule has 0 spiro atoms. The number of rotatable bonds is 5. The Morgan fingerprint density at radius 3 is 2.79 bits per heavy atom. The molecule has 0 saturated carbocycles. The molecule has 0 aliphatic carbocycles. The lowest BCUT2D eigenvalue weighted by atomic mass is 10.0. The lowest BCUT2D eigenvalue weighted by Crippen LogP contribution is -2.05. The molecule has 0 unspecified atom stereocenters. The van der Waals surface area contributed by atoms with Crippen LogP contribution in [-0.2, 0) is 7.05 Å². The van der Waals surface area contributed by atoms with E-state index in [1.807, 2.05) is 7.05 Å². The third kappa shape index (κ3) is 2.98. The van der Waals surface area contributed by atoms with Crippen LogP contribution in [0.2, 0.25) is 0 Å². The molecule has 0 aliphatic rings. The molecule has 1 aromatic rings. The van der Waals surface area contributed by atoms with Crippen LogP contribution in [0.25, 0.3) is 0 Å². The molecule has 0 amide bonds. The number of nitrogens with zero attached hydrogens (tertiary/aromatic N) is 2. The van der Waals surface area contributed by atoms with Crippen LogP contribution in [-0.4, -0.2) is 15.3 Å². The minimum atomic E-state index is 0.200. The second-order valence-corrected chi connectivity index (χ2v) is 4.10.